The van der Waals surface area contributed by atoms with Gasteiger partial charge in [-0.05, 0) is 46.3 Å². The van der Waals surface area contributed by atoms with Gasteiger partial charge in [0.15, 0.2) is 0 Å². The van der Waals surface area contributed by atoms with Gasteiger partial charge in [-0.15, -0.1) is 0 Å². The molecule has 0 aliphatic heterocycles. The maximum atomic E-state index is 12.2. The quantitative estimate of drug-likeness (QED) is 0.518. The van der Waals surface area contributed by atoms with E-state index in [0.29, 0.717) is 22.3 Å². The third kappa shape index (κ3) is 2.96. The first-order valence-electron chi connectivity index (χ1n) is 5.98. The smallest absolute Gasteiger partial charge is 0.256 e. The lowest BCUT2D eigenvalue weighted by atomic mass is 10.2. The van der Waals surface area contributed by atoms with Crippen molar-refractivity contribution in [2.75, 3.05) is 5.32 Å². The number of benzene rings is 1. The van der Waals surface area contributed by atoms with Crippen LogP contribution in [0, 0.1) is 3.57 Å². The summed E-state index contributed by atoms with van der Waals surface area (Å²) in [5.41, 5.74) is 1.22. The SMILES string of the molecule is O=C(Nc1ncc(I)c2nc(Cl)ncc12)c1ccccc1. The zero-order valence-corrected chi connectivity index (χ0v) is 13.5. The van der Waals surface area contributed by atoms with Crippen molar-refractivity contribution in [1.29, 1.82) is 0 Å². The van der Waals surface area contributed by atoms with Crippen molar-refractivity contribution in [3.05, 3.63) is 57.1 Å². The van der Waals surface area contributed by atoms with Crippen LogP contribution in [0.1, 0.15) is 10.4 Å². The lowest BCUT2D eigenvalue weighted by Crippen LogP contribution is -2.13. The van der Waals surface area contributed by atoms with Crippen molar-refractivity contribution in [3.8, 4) is 0 Å². The molecule has 104 valence electrons. The van der Waals surface area contributed by atoms with E-state index in [0.717, 1.165) is 3.57 Å². The van der Waals surface area contributed by atoms with E-state index in [1.807, 2.05) is 6.07 Å². The van der Waals surface area contributed by atoms with Crippen molar-refractivity contribution in [2.24, 2.45) is 0 Å². The fourth-order valence-corrected chi connectivity index (χ4v) is 2.52. The van der Waals surface area contributed by atoms with Crippen LogP contribution in [-0.2, 0) is 0 Å². The number of carbonyl (C=O) groups is 1. The highest BCUT2D eigenvalue weighted by Crippen LogP contribution is 2.24. The summed E-state index contributed by atoms with van der Waals surface area (Å²) in [7, 11) is 0. The van der Waals surface area contributed by atoms with Crippen molar-refractivity contribution < 1.29 is 4.79 Å². The number of amides is 1. The molecule has 0 unspecified atom stereocenters. The Morgan fingerprint density at radius 2 is 1.90 bits per heavy atom. The summed E-state index contributed by atoms with van der Waals surface area (Å²) in [4.78, 5) is 24.5. The lowest BCUT2D eigenvalue weighted by molar-refractivity contribution is 0.102. The van der Waals surface area contributed by atoms with E-state index >= 15 is 0 Å². The first-order chi connectivity index (χ1) is 10.1. The number of pyridine rings is 1. The van der Waals surface area contributed by atoms with Crippen LogP contribution in [0.25, 0.3) is 10.9 Å². The molecule has 1 aromatic carbocycles. The number of nitrogens with zero attached hydrogens (tertiary/aromatic N) is 3. The zero-order chi connectivity index (χ0) is 14.8. The van der Waals surface area contributed by atoms with Gasteiger partial charge in [0.2, 0.25) is 5.28 Å². The Morgan fingerprint density at radius 3 is 2.67 bits per heavy atom. The normalized spacial score (nSPS) is 10.6. The lowest BCUT2D eigenvalue weighted by Gasteiger charge is -2.08. The summed E-state index contributed by atoms with van der Waals surface area (Å²) in [5.74, 6) is 0.177. The minimum atomic E-state index is -0.236. The molecule has 0 aliphatic carbocycles. The van der Waals surface area contributed by atoms with E-state index in [9.17, 15) is 4.79 Å². The largest absolute Gasteiger partial charge is 0.306 e. The predicted octanol–water partition coefficient (Wildman–Crippen LogP) is 3.54. The minimum Gasteiger partial charge on any atom is -0.306 e. The zero-order valence-electron chi connectivity index (χ0n) is 10.5. The first kappa shape index (κ1) is 14.2. The first-order valence-corrected chi connectivity index (χ1v) is 7.44. The highest BCUT2D eigenvalue weighted by Gasteiger charge is 2.12. The molecule has 5 nitrogen and oxygen atoms in total. The van der Waals surface area contributed by atoms with E-state index in [2.05, 4.69) is 42.9 Å². The fourth-order valence-electron chi connectivity index (χ4n) is 1.84. The summed E-state index contributed by atoms with van der Waals surface area (Å²) in [5, 5.41) is 3.58. The molecule has 3 rings (SSSR count). The van der Waals surface area contributed by atoms with Crippen LogP contribution in [0.2, 0.25) is 5.28 Å². The molecular weight excluding hydrogens is 403 g/mol. The predicted molar refractivity (Wildman–Crippen MR) is 89.5 cm³/mol. The summed E-state index contributed by atoms with van der Waals surface area (Å²) in [6.07, 6.45) is 3.19. The second kappa shape index (κ2) is 5.90. The van der Waals surface area contributed by atoms with Gasteiger partial charge in [-0.1, -0.05) is 18.2 Å². The summed E-state index contributed by atoms with van der Waals surface area (Å²) < 4.78 is 0.838. The summed E-state index contributed by atoms with van der Waals surface area (Å²) in [6, 6.07) is 8.93. The van der Waals surface area contributed by atoms with Crippen LogP contribution >= 0.6 is 34.2 Å². The molecule has 0 bridgehead atoms. The molecule has 1 N–H and O–H groups in total. The number of nitrogens with one attached hydrogen (secondary N) is 1. The van der Waals surface area contributed by atoms with E-state index < -0.39 is 0 Å². The molecule has 7 heteroatoms. The Labute approximate surface area is 138 Å². The van der Waals surface area contributed by atoms with Crippen LogP contribution in [0.4, 0.5) is 5.82 Å². The van der Waals surface area contributed by atoms with Crippen molar-refractivity contribution >= 4 is 56.8 Å². The van der Waals surface area contributed by atoms with Crippen LogP contribution < -0.4 is 5.32 Å². The number of halogens is 2. The average Bonchev–Trinajstić information content (AvgIpc) is 2.51. The molecule has 0 spiro atoms. The van der Waals surface area contributed by atoms with E-state index in [1.54, 1.807) is 36.7 Å². The molecule has 0 saturated heterocycles. The topological polar surface area (TPSA) is 67.8 Å². The van der Waals surface area contributed by atoms with Gasteiger partial charge >= 0.3 is 0 Å². The van der Waals surface area contributed by atoms with Gasteiger partial charge in [0.1, 0.15) is 5.82 Å². The Bertz CT molecular complexity index is 826. The second-order valence-corrected chi connectivity index (χ2v) is 5.68. The van der Waals surface area contributed by atoms with E-state index in [-0.39, 0.29) is 11.2 Å². The summed E-state index contributed by atoms with van der Waals surface area (Å²) in [6.45, 7) is 0. The van der Waals surface area contributed by atoms with Gasteiger partial charge in [0.05, 0.1) is 14.5 Å². The third-order valence-electron chi connectivity index (χ3n) is 2.82. The van der Waals surface area contributed by atoms with Gasteiger partial charge in [-0.25, -0.2) is 15.0 Å². The fraction of sp³-hybridized carbons (Fsp3) is 0. The maximum absolute atomic E-state index is 12.2. The van der Waals surface area contributed by atoms with Gasteiger partial charge in [-0.3, -0.25) is 4.79 Å². The van der Waals surface area contributed by atoms with Crippen LogP contribution in [0.3, 0.4) is 0 Å². The molecule has 0 atom stereocenters. The monoisotopic (exact) mass is 410 g/mol. The highest BCUT2D eigenvalue weighted by atomic mass is 127. The minimum absolute atomic E-state index is 0.159. The van der Waals surface area contributed by atoms with Crippen molar-refractivity contribution in [1.82, 2.24) is 15.0 Å². The highest BCUT2D eigenvalue weighted by molar-refractivity contribution is 14.1. The Balaban J connectivity index is 2.02. The number of carbonyl (C=O) groups excluding carboxylic acids is 1. The Kier molecular flexibility index (Phi) is 3.98. The number of rotatable bonds is 2. The van der Waals surface area contributed by atoms with Crippen molar-refractivity contribution in [3.63, 3.8) is 0 Å². The number of hydrogen-bond donors (Lipinski definition) is 1. The molecular formula is C14H8ClIN4O. The third-order valence-corrected chi connectivity index (χ3v) is 3.79. The van der Waals surface area contributed by atoms with Crippen LogP contribution in [0.5, 0.6) is 0 Å². The van der Waals surface area contributed by atoms with Gasteiger partial charge < -0.3 is 5.32 Å². The maximum Gasteiger partial charge on any atom is 0.256 e. The van der Waals surface area contributed by atoms with Crippen LogP contribution in [-0.4, -0.2) is 20.9 Å². The number of aromatic nitrogens is 3. The number of fused-ring (bicyclic) bond motifs is 1. The number of hydrogen-bond acceptors (Lipinski definition) is 4. The second-order valence-electron chi connectivity index (χ2n) is 4.18. The van der Waals surface area contributed by atoms with E-state index in [1.165, 1.54) is 0 Å². The molecule has 21 heavy (non-hydrogen) atoms. The Morgan fingerprint density at radius 1 is 1.14 bits per heavy atom. The summed E-state index contributed by atoms with van der Waals surface area (Å²) >= 11 is 7.92. The molecule has 0 radical (unpaired) electrons. The molecule has 3 aromatic rings. The van der Waals surface area contributed by atoms with Crippen molar-refractivity contribution in [2.45, 2.75) is 0 Å². The van der Waals surface area contributed by atoms with Crippen LogP contribution in [0.15, 0.2) is 42.7 Å². The van der Waals surface area contributed by atoms with E-state index in [4.69, 9.17) is 11.6 Å². The molecule has 2 aromatic heterocycles. The molecule has 1 amide bonds. The number of anilines is 1. The average molecular weight is 411 g/mol. The van der Waals surface area contributed by atoms with Gasteiger partial charge in [0, 0.05) is 18.0 Å². The Hall–Kier alpha value is -1.80. The molecule has 0 saturated carbocycles. The molecule has 0 fully saturated rings. The standard InChI is InChI=1S/C14H8ClIN4O/c15-14-18-6-9-11(19-14)10(16)7-17-12(9)20-13(21)8-4-2-1-3-5-8/h1-7H,(H,17,20,21). The van der Waals surface area contributed by atoms with Gasteiger partial charge in [-0.2, -0.15) is 0 Å². The van der Waals surface area contributed by atoms with Gasteiger partial charge in [0.25, 0.3) is 5.91 Å². The molecule has 2 heterocycles. The molecule has 0 aliphatic rings.